The quantitative estimate of drug-likeness (QED) is 0.737. The molecule has 2 aliphatic rings. The van der Waals surface area contributed by atoms with E-state index in [0.717, 1.165) is 25.2 Å². The number of ether oxygens (including phenoxy) is 1. The summed E-state index contributed by atoms with van der Waals surface area (Å²) in [6.45, 7) is 12.8. The molecule has 0 aromatic heterocycles. The monoisotopic (exact) mass is 289 g/mol. The second-order valence-electron chi connectivity index (χ2n) is 6.98. The molecule has 2 rings (SSSR count). The van der Waals surface area contributed by atoms with E-state index in [9.17, 15) is 4.79 Å². The van der Waals surface area contributed by atoms with Crippen LogP contribution in [-0.4, -0.2) is 30.1 Å². The SMILES string of the molecule is CCN(CC)C1=CC2OC(=O)CC(CC(C)(C)C)=C2C=C1. The number of carbonyl (C=O) groups is 1. The van der Waals surface area contributed by atoms with Crippen molar-refractivity contribution < 1.29 is 9.53 Å². The van der Waals surface area contributed by atoms with Crippen LogP contribution in [0.5, 0.6) is 0 Å². The molecule has 0 bridgehead atoms. The maximum atomic E-state index is 11.9. The lowest BCUT2D eigenvalue weighted by Gasteiger charge is -2.33. The van der Waals surface area contributed by atoms with Gasteiger partial charge in [0.15, 0.2) is 0 Å². The highest BCUT2D eigenvalue weighted by atomic mass is 16.5. The molecule has 0 fully saturated rings. The van der Waals surface area contributed by atoms with Crippen LogP contribution in [0.4, 0.5) is 0 Å². The van der Waals surface area contributed by atoms with Gasteiger partial charge in [0, 0.05) is 18.8 Å². The summed E-state index contributed by atoms with van der Waals surface area (Å²) in [7, 11) is 0. The number of hydrogen-bond acceptors (Lipinski definition) is 3. The van der Waals surface area contributed by atoms with Crippen LogP contribution in [0.3, 0.4) is 0 Å². The Hall–Kier alpha value is -1.51. The molecular weight excluding hydrogens is 262 g/mol. The molecule has 0 saturated carbocycles. The fourth-order valence-corrected chi connectivity index (χ4v) is 3.05. The first-order valence-electron chi connectivity index (χ1n) is 7.90. The van der Waals surface area contributed by atoms with Gasteiger partial charge >= 0.3 is 5.97 Å². The molecule has 0 spiro atoms. The Kier molecular flexibility index (Phi) is 4.60. The number of fused-ring (bicyclic) bond motifs is 1. The lowest BCUT2D eigenvalue weighted by Crippen LogP contribution is -2.31. The number of carbonyl (C=O) groups excluding carboxylic acids is 1. The maximum absolute atomic E-state index is 11.9. The zero-order chi connectivity index (χ0) is 15.6. The van der Waals surface area contributed by atoms with Crippen molar-refractivity contribution in [1.82, 2.24) is 4.90 Å². The molecule has 1 aliphatic carbocycles. The lowest BCUT2D eigenvalue weighted by atomic mass is 9.82. The third-order valence-corrected chi connectivity index (χ3v) is 3.96. The highest BCUT2D eigenvalue weighted by Crippen LogP contribution is 2.35. The smallest absolute Gasteiger partial charge is 0.310 e. The van der Waals surface area contributed by atoms with Crippen molar-refractivity contribution in [2.75, 3.05) is 13.1 Å². The van der Waals surface area contributed by atoms with Crippen LogP contribution in [0.2, 0.25) is 0 Å². The van der Waals surface area contributed by atoms with Gasteiger partial charge in [-0.05, 0) is 43.4 Å². The third-order valence-electron chi connectivity index (χ3n) is 3.96. The van der Waals surface area contributed by atoms with Crippen molar-refractivity contribution in [3.8, 4) is 0 Å². The Morgan fingerprint density at radius 3 is 2.48 bits per heavy atom. The predicted molar refractivity (Wildman–Crippen MR) is 85.7 cm³/mol. The van der Waals surface area contributed by atoms with Crippen LogP contribution < -0.4 is 0 Å². The molecule has 3 heteroatoms. The van der Waals surface area contributed by atoms with Crippen LogP contribution in [0.25, 0.3) is 0 Å². The van der Waals surface area contributed by atoms with Crippen LogP contribution in [-0.2, 0) is 9.53 Å². The fraction of sp³-hybridized carbons (Fsp3) is 0.611. The largest absolute Gasteiger partial charge is 0.453 e. The zero-order valence-electron chi connectivity index (χ0n) is 13.9. The molecule has 0 aromatic rings. The average Bonchev–Trinajstić information content (AvgIpc) is 2.37. The molecule has 1 heterocycles. The van der Waals surface area contributed by atoms with Crippen molar-refractivity contribution in [2.45, 2.75) is 53.6 Å². The standard InChI is InChI=1S/C18H27NO2/c1-6-19(7-2)14-8-9-15-13(12-18(3,4)5)10-17(20)21-16(15)11-14/h8-9,11,16H,6-7,10,12H2,1-5H3. The second-order valence-corrected chi connectivity index (χ2v) is 6.98. The van der Waals surface area contributed by atoms with Gasteiger partial charge in [-0.1, -0.05) is 32.4 Å². The van der Waals surface area contributed by atoms with Gasteiger partial charge in [0.1, 0.15) is 6.10 Å². The van der Waals surface area contributed by atoms with E-state index >= 15 is 0 Å². The Labute approximate surface area is 128 Å². The minimum absolute atomic E-state index is 0.103. The van der Waals surface area contributed by atoms with Gasteiger partial charge in [0.2, 0.25) is 0 Å². The van der Waals surface area contributed by atoms with Crippen LogP contribution in [0, 0.1) is 5.41 Å². The van der Waals surface area contributed by atoms with E-state index in [1.165, 1.54) is 11.1 Å². The summed E-state index contributed by atoms with van der Waals surface area (Å²) >= 11 is 0. The lowest BCUT2D eigenvalue weighted by molar-refractivity contribution is -0.145. The van der Waals surface area contributed by atoms with Crippen LogP contribution in [0.15, 0.2) is 35.1 Å². The summed E-state index contributed by atoms with van der Waals surface area (Å²) in [5.41, 5.74) is 3.75. The van der Waals surface area contributed by atoms with Crippen molar-refractivity contribution in [2.24, 2.45) is 5.41 Å². The number of allylic oxidation sites excluding steroid dienone is 1. The molecule has 0 radical (unpaired) electrons. The third kappa shape index (κ3) is 3.78. The molecular formula is C18H27NO2. The van der Waals surface area contributed by atoms with Gasteiger partial charge < -0.3 is 9.64 Å². The summed E-state index contributed by atoms with van der Waals surface area (Å²) in [4.78, 5) is 14.2. The van der Waals surface area contributed by atoms with Crippen LogP contribution >= 0.6 is 0 Å². The number of esters is 1. The normalized spacial score (nSPS) is 21.9. The van der Waals surface area contributed by atoms with E-state index in [4.69, 9.17) is 4.74 Å². The molecule has 0 aromatic carbocycles. The summed E-state index contributed by atoms with van der Waals surface area (Å²) in [5.74, 6) is -0.103. The topological polar surface area (TPSA) is 29.5 Å². The van der Waals surface area contributed by atoms with Gasteiger partial charge in [0.05, 0.1) is 6.42 Å². The average molecular weight is 289 g/mol. The first-order chi connectivity index (χ1) is 9.84. The van der Waals surface area contributed by atoms with Gasteiger partial charge in [0.25, 0.3) is 0 Å². The molecule has 0 N–H and O–H groups in total. The van der Waals surface area contributed by atoms with Crippen molar-refractivity contribution in [3.05, 3.63) is 35.1 Å². The van der Waals surface area contributed by atoms with Gasteiger partial charge in [-0.2, -0.15) is 0 Å². The Balaban J connectivity index is 2.31. The van der Waals surface area contributed by atoms with Crippen LogP contribution in [0.1, 0.15) is 47.5 Å². The Bertz CT molecular complexity index is 502. The summed E-state index contributed by atoms with van der Waals surface area (Å²) in [6.07, 6.45) is 7.55. The minimum atomic E-state index is -0.204. The maximum Gasteiger partial charge on any atom is 0.310 e. The molecule has 3 nitrogen and oxygen atoms in total. The Morgan fingerprint density at radius 1 is 1.24 bits per heavy atom. The first-order valence-corrected chi connectivity index (χ1v) is 7.90. The molecule has 0 amide bonds. The zero-order valence-corrected chi connectivity index (χ0v) is 13.9. The molecule has 21 heavy (non-hydrogen) atoms. The molecule has 1 atom stereocenters. The number of likely N-dealkylation sites (N-methyl/N-ethyl adjacent to an activating group) is 1. The molecule has 116 valence electrons. The Morgan fingerprint density at radius 2 is 1.90 bits per heavy atom. The highest BCUT2D eigenvalue weighted by Gasteiger charge is 2.30. The second kappa shape index (κ2) is 6.08. The predicted octanol–water partition coefficient (Wildman–Crippen LogP) is 3.83. The summed E-state index contributed by atoms with van der Waals surface area (Å²) in [5, 5.41) is 0. The van der Waals surface area contributed by atoms with Gasteiger partial charge in [-0.25, -0.2) is 0 Å². The minimum Gasteiger partial charge on any atom is -0.453 e. The van der Waals surface area contributed by atoms with Crippen molar-refractivity contribution in [1.29, 1.82) is 0 Å². The van der Waals surface area contributed by atoms with E-state index < -0.39 is 0 Å². The van der Waals surface area contributed by atoms with Gasteiger partial charge in [-0.15, -0.1) is 0 Å². The number of hydrogen-bond donors (Lipinski definition) is 0. The summed E-state index contributed by atoms with van der Waals surface area (Å²) < 4.78 is 5.55. The fourth-order valence-electron chi connectivity index (χ4n) is 3.05. The van der Waals surface area contributed by atoms with E-state index in [-0.39, 0.29) is 17.5 Å². The molecule has 1 unspecified atom stereocenters. The molecule has 0 saturated heterocycles. The van der Waals surface area contributed by atoms with Crippen molar-refractivity contribution in [3.63, 3.8) is 0 Å². The van der Waals surface area contributed by atoms with E-state index in [1.807, 2.05) is 0 Å². The number of nitrogens with zero attached hydrogens (tertiary/aromatic N) is 1. The number of rotatable bonds is 4. The van der Waals surface area contributed by atoms with E-state index in [0.29, 0.717) is 6.42 Å². The van der Waals surface area contributed by atoms with Gasteiger partial charge in [-0.3, -0.25) is 4.79 Å². The summed E-state index contributed by atoms with van der Waals surface area (Å²) in [6, 6.07) is 0. The molecule has 1 aliphatic heterocycles. The highest BCUT2D eigenvalue weighted by molar-refractivity contribution is 5.76. The van der Waals surface area contributed by atoms with E-state index in [2.05, 4.69) is 57.7 Å². The van der Waals surface area contributed by atoms with Crippen molar-refractivity contribution >= 4 is 5.97 Å². The van der Waals surface area contributed by atoms with E-state index in [1.54, 1.807) is 0 Å². The first kappa shape index (κ1) is 15.9.